The maximum atomic E-state index is 11.4. The standard InChI is InChI=1S/C13H24N2O3/c1-14(2)12(16)4-3-8-15-9-7-11(10-15)5-6-13(17)18/h11H,3-10H2,1-2H3,(H,17,18). The Balaban J connectivity index is 2.11. The molecule has 18 heavy (non-hydrogen) atoms. The van der Waals surface area contributed by atoms with Gasteiger partial charge in [0, 0.05) is 33.5 Å². The van der Waals surface area contributed by atoms with Gasteiger partial charge in [0.15, 0.2) is 0 Å². The number of hydrogen-bond donors (Lipinski definition) is 1. The van der Waals surface area contributed by atoms with Crippen LogP contribution in [0.1, 0.15) is 32.1 Å². The number of hydrogen-bond acceptors (Lipinski definition) is 3. The summed E-state index contributed by atoms with van der Waals surface area (Å²) >= 11 is 0. The van der Waals surface area contributed by atoms with Gasteiger partial charge in [0.05, 0.1) is 0 Å². The Morgan fingerprint density at radius 1 is 1.33 bits per heavy atom. The molecular weight excluding hydrogens is 232 g/mol. The summed E-state index contributed by atoms with van der Waals surface area (Å²) in [5, 5.41) is 8.64. The minimum Gasteiger partial charge on any atom is -0.481 e. The summed E-state index contributed by atoms with van der Waals surface area (Å²) in [7, 11) is 3.56. The first-order valence-electron chi connectivity index (χ1n) is 6.63. The quantitative estimate of drug-likeness (QED) is 0.739. The van der Waals surface area contributed by atoms with Crippen LogP contribution in [0.4, 0.5) is 0 Å². The highest BCUT2D eigenvalue weighted by Crippen LogP contribution is 2.21. The van der Waals surface area contributed by atoms with Crippen LogP contribution >= 0.6 is 0 Å². The fourth-order valence-corrected chi connectivity index (χ4v) is 2.36. The largest absolute Gasteiger partial charge is 0.481 e. The number of nitrogens with zero attached hydrogens (tertiary/aromatic N) is 2. The maximum Gasteiger partial charge on any atom is 0.303 e. The van der Waals surface area contributed by atoms with E-state index in [1.54, 1.807) is 19.0 Å². The topological polar surface area (TPSA) is 60.9 Å². The molecule has 0 aromatic rings. The van der Waals surface area contributed by atoms with E-state index in [2.05, 4.69) is 4.90 Å². The highest BCUT2D eigenvalue weighted by atomic mass is 16.4. The van der Waals surface area contributed by atoms with Crippen LogP contribution in [0, 0.1) is 5.92 Å². The number of carboxylic acid groups (broad SMARTS) is 1. The average Bonchev–Trinajstić information content (AvgIpc) is 2.74. The van der Waals surface area contributed by atoms with Crippen LogP contribution < -0.4 is 0 Å². The molecule has 5 heteroatoms. The summed E-state index contributed by atoms with van der Waals surface area (Å²) in [5.41, 5.74) is 0. The SMILES string of the molecule is CN(C)C(=O)CCCN1CCC(CCC(=O)O)C1. The number of likely N-dealkylation sites (tertiary alicyclic amines) is 1. The summed E-state index contributed by atoms with van der Waals surface area (Å²) in [5.74, 6) is -0.00713. The van der Waals surface area contributed by atoms with Crippen LogP contribution in [-0.4, -0.2) is 60.5 Å². The summed E-state index contributed by atoms with van der Waals surface area (Å²) in [6.45, 7) is 2.98. The molecule has 1 saturated heterocycles. The summed E-state index contributed by atoms with van der Waals surface area (Å²) in [6.07, 6.45) is 3.64. The number of amides is 1. The molecule has 1 N–H and O–H groups in total. The molecular formula is C13H24N2O3. The molecule has 0 aromatic heterocycles. The maximum absolute atomic E-state index is 11.4. The first kappa shape index (κ1) is 15.0. The number of carbonyl (C=O) groups excluding carboxylic acids is 1. The molecule has 0 bridgehead atoms. The van der Waals surface area contributed by atoms with Crippen LogP contribution in [-0.2, 0) is 9.59 Å². The summed E-state index contributed by atoms with van der Waals surface area (Å²) < 4.78 is 0. The highest BCUT2D eigenvalue weighted by molar-refractivity contribution is 5.75. The molecule has 5 nitrogen and oxygen atoms in total. The zero-order valence-electron chi connectivity index (χ0n) is 11.4. The lowest BCUT2D eigenvalue weighted by molar-refractivity contribution is -0.137. The molecule has 1 aliphatic rings. The average molecular weight is 256 g/mol. The lowest BCUT2D eigenvalue weighted by atomic mass is 10.0. The van der Waals surface area contributed by atoms with Crippen LogP contribution in [0.5, 0.6) is 0 Å². The van der Waals surface area contributed by atoms with Crippen molar-refractivity contribution in [2.24, 2.45) is 5.92 Å². The van der Waals surface area contributed by atoms with E-state index in [1.807, 2.05) is 0 Å². The second-order valence-electron chi connectivity index (χ2n) is 5.28. The molecule has 0 radical (unpaired) electrons. The van der Waals surface area contributed by atoms with E-state index in [9.17, 15) is 9.59 Å². The van der Waals surface area contributed by atoms with Crippen molar-refractivity contribution in [1.82, 2.24) is 9.80 Å². The van der Waals surface area contributed by atoms with Gasteiger partial charge >= 0.3 is 5.97 Å². The van der Waals surface area contributed by atoms with Gasteiger partial charge in [0.2, 0.25) is 5.91 Å². The Hall–Kier alpha value is -1.10. The third-order valence-electron chi connectivity index (χ3n) is 3.50. The highest BCUT2D eigenvalue weighted by Gasteiger charge is 2.22. The van der Waals surface area contributed by atoms with Crippen molar-refractivity contribution in [3.05, 3.63) is 0 Å². The van der Waals surface area contributed by atoms with Crippen LogP contribution in [0.25, 0.3) is 0 Å². The fourth-order valence-electron chi connectivity index (χ4n) is 2.36. The van der Waals surface area contributed by atoms with Gasteiger partial charge in [-0.1, -0.05) is 0 Å². The van der Waals surface area contributed by atoms with Gasteiger partial charge in [-0.05, 0) is 38.3 Å². The Morgan fingerprint density at radius 3 is 2.67 bits per heavy atom. The zero-order chi connectivity index (χ0) is 13.5. The zero-order valence-corrected chi connectivity index (χ0v) is 11.4. The molecule has 0 saturated carbocycles. The monoisotopic (exact) mass is 256 g/mol. The van der Waals surface area contributed by atoms with Crippen molar-refractivity contribution in [2.45, 2.75) is 32.1 Å². The van der Waals surface area contributed by atoms with Gasteiger partial charge in [-0.15, -0.1) is 0 Å². The lowest BCUT2D eigenvalue weighted by Crippen LogP contribution is -2.25. The molecule has 1 heterocycles. The predicted octanol–water partition coefficient (Wildman–Crippen LogP) is 1.04. The second-order valence-corrected chi connectivity index (χ2v) is 5.28. The van der Waals surface area contributed by atoms with Crippen LogP contribution in [0.3, 0.4) is 0 Å². The molecule has 1 amide bonds. The van der Waals surface area contributed by atoms with E-state index in [4.69, 9.17) is 5.11 Å². The Kier molecular flexibility index (Phi) is 6.12. The van der Waals surface area contributed by atoms with Crippen molar-refractivity contribution < 1.29 is 14.7 Å². The molecule has 0 aliphatic carbocycles. The molecule has 0 aromatic carbocycles. The molecule has 1 fully saturated rings. The lowest BCUT2D eigenvalue weighted by Gasteiger charge is -2.16. The Labute approximate surface area is 109 Å². The van der Waals surface area contributed by atoms with Gasteiger partial charge in [-0.25, -0.2) is 0 Å². The first-order valence-corrected chi connectivity index (χ1v) is 6.63. The third kappa shape index (κ3) is 5.49. The molecule has 104 valence electrons. The molecule has 1 rings (SSSR count). The third-order valence-corrected chi connectivity index (χ3v) is 3.50. The van der Waals surface area contributed by atoms with Crippen molar-refractivity contribution in [3.63, 3.8) is 0 Å². The minimum absolute atomic E-state index is 0.177. The second kappa shape index (κ2) is 7.36. The molecule has 0 spiro atoms. The van der Waals surface area contributed by atoms with Gasteiger partial charge in [-0.3, -0.25) is 9.59 Å². The fraction of sp³-hybridized carbons (Fsp3) is 0.846. The van der Waals surface area contributed by atoms with Crippen molar-refractivity contribution >= 4 is 11.9 Å². The molecule has 1 atom stereocenters. The summed E-state index contributed by atoms with van der Waals surface area (Å²) in [4.78, 5) is 25.9. The number of carbonyl (C=O) groups is 2. The van der Waals surface area contributed by atoms with Crippen molar-refractivity contribution in [3.8, 4) is 0 Å². The minimum atomic E-state index is -0.704. The van der Waals surface area contributed by atoms with Crippen molar-refractivity contribution in [1.29, 1.82) is 0 Å². The smallest absolute Gasteiger partial charge is 0.303 e. The Morgan fingerprint density at radius 2 is 2.06 bits per heavy atom. The predicted molar refractivity (Wildman–Crippen MR) is 69.3 cm³/mol. The van der Waals surface area contributed by atoms with E-state index in [-0.39, 0.29) is 12.3 Å². The van der Waals surface area contributed by atoms with Gasteiger partial charge in [0.25, 0.3) is 0 Å². The van der Waals surface area contributed by atoms with Crippen molar-refractivity contribution in [2.75, 3.05) is 33.7 Å². The number of carboxylic acids is 1. The van der Waals surface area contributed by atoms with E-state index in [1.165, 1.54) is 0 Å². The van der Waals surface area contributed by atoms with Gasteiger partial charge < -0.3 is 14.9 Å². The Bertz CT molecular complexity index is 292. The van der Waals surface area contributed by atoms with Crippen LogP contribution in [0.15, 0.2) is 0 Å². The molecule has 1 unspecified atom stereocenters. The normalized spacial score (nSPS) is 20.0. The van der Waals surface area contributed by atoms with Crippen LogP contribution in [0.2, 0.25) is 0 Å². The van der Waals surface area contributed by atoms with E-state index < -0.39 is 5.97 Å². The van der Waals surface area contributed by atoms with Gasteiger partial charge in [-0.2, -0.15) is 0 Å². The van der Waals surface area contributed by atoms with Gasteiger partial charge in [0.1, 0.15) is 0 Å². The van der Waals surface area contributed by atoms with E-state index >= 15 is 0 Å². The molecule has 1 aliphatic heterocycles. The van der Waals surface area contributed by atoms with E-state index in [0.29, 0.717) is 12.3 Å². The number of aliphatic carboxylic acids is 1. The summed E-state index contributed by atoms with van der Waals surface area (Å²) in [6, 6.07) is 0. The van der Waals surface area contributed by atoms with E-state index in [0.717, 1.165) is 38.9 Å². The number of rotatable bonds is 7. The first-order chi connectivity index (χ1) is 8.49.